The lowest BCUT2D eigenvalue weighted by molar-refractivity contribution is 0.00240. The summed E-state index contributed by atoms with van der Waals surface area (Å²) in [5.41, 5.74) is 0. The Kier molecular flexibility index (Phi) is 3.99. The van der Waals surface area contributed by atoms with Crippen LogP contribution in [-0.2, 0) is 4.74 Å². The van der Waals surface area contributed by atoms with E-state index in [0.29, 0.717) is 0 Å². The molecule has 17 heavy (non-hydrogen) atoms. The molecule has 1 unspecified atom stereocenters. The molecule has 0 amide bonds. The summed E-state index contributed by atoms with van der Waals surface area (Å²) < 4.78 is 5.79. The Morgan fingerprint density at radius 3 is 2.71 bits per heavy atom. The van der Waals surface area contributed by atoms with Crippen LogP contribution in [0.4, 0.5) is 0 Å². The molecule has 3 heteroatoms. The molecule has 1 heterocycles. The molecule has 1 saturated heterocycles. The van der Waals surface area contributed by atoms with Crippen LogP contribution in [0.25, 0.3) is 0 Å². The van der Waals surface area contributed by atoms with Gasteiger partial charge in [-0.05, 0) is 56.9 Å². The largest absolute Gasteiger partial charge is 0.366 e. The normalized spacial score (nSPS) is 30.7. The molecule has 0 aromatic carbocycles. The maximum atomic E-state index is 5.79. The van der Waals surface area contributed by atoms with Crippen molar-refractivity contribution in [3.05, 3.63) is 0 Å². The first-order chi connectivity index (χ1) is 8.40. The fourth-order valence-corrected chi connectivity index (χ4v) is 2.69. The number of nitrogens with zero attached hydrogens (tertiary/aromatic N) is 1. The van der Waals surface area contributed by atoms with Crippen molar-refractivity contribution in [3.63, 3.8) is 0 Å². The number of hydrogen-bond donors (Lipinski definition) is 1. The van der Waals surface area contributed by atoms with Crippen LogP contribution in [0.1, 0.15) is 38.5 Å². The summed E-state index contributed by atoms with van der Waals surface area (Å²) in [5.74, 6) is 1.75. The molecule has 98 valence electrons. The third-order valence-corrected chi connectivity index (χ3v) is 4.20. The molecule has 1 N–H and O–H groups in total. The van der Waals surface area contributed by atoms with Crippen molar-refractivity contribution in [1.29, 1.82) is 0 Å². The lowest BCUT2D eigenvalue weighted by Gasteiger charge is -2.32. The maximum Gasteiger partial charge on any atom is 0.0990 e. The molecule has 3 fully saturated rings. The fraction of sp³-hybridized carbons (Fsp3) is 1.00. The first-order valence-electron chi connectivity index (χ1n) is 7.43. The van der Waals surface area contributed by atoms with E-state index in [-0.39, 0.29) is 0 Å². The standard InChI is InChI=1S/C14H26N2O/c1-2-13(8-15-14-5-6-14)9-16(7-1)11-17-10-12-3-4-12/h12-15H,1-11H2. The van der Waals surface area contributed by atoms with Crippen LogP contribution in [0.5, 0.6) is 0 Å². The zero-order valence-corrected chi connectivity index (χ0v) is 10.9. The quantitative estimate of drug-likeness (QED) is 0.732. The molecule has 3 nitrogen and oxygen atoms in total. The highest BCUT2D eigenvalue weighted by atomic mass is 16.5. The SMILES string of the molecule is C1CC(CNC2CC2)CN(COCC2CC2)C1. The number of hydrogen-bond acceptors (Lipinski definition) is 3. The highest BCUT2D eigenvalue weighted by Gasteiger charge is 2.25. The second-order valence-electron chi connectivity index (χ2n) is 6.21. The minimum Gasteiger partial charge on any atom is -0.366 e. The molecule has 2 saturated carbocycles. The molecule has 1 aliphatic heterocycles. The Bertz CT molecular complexity index is 238. The van der Waals surface area contributed by atoms with Crippen molar-refractivity contribution < 1.29 is 4.74 Å². The van der Waals surface area contributed by atoms with Crippen molar-refractivity contribution in [2.45, 2.75) is 44.6 Å². The van der Waals surface area contributed by atoms with Crippen molar-refractivity contribution in [3.8, 4) is 0 Å². The average molecular weight is 238 g/mol. The summed E-state index contributed by atoms with van der Waals surface area (Å²) in [7, 11) is 0. The first kappa shape index (κ1) is 11.9. The molecule has 1 atom stereocenters. The Hall–Kier alpha value is -0.120. The van der Waals surface area contributed by atoms with Gasteiger partial charge in [-0.1, -0.05) is 0 Å². The summed E-state index contributed by atoms with van der Waals surface area (Å²) >= 11 is 0. The molecule has 3 rings (SSSR count). The van der Waals surface area contributed by atoms with Crippen molar-refractivity contribution in [1.82, 2.24) is 10.2 Å². The lowest BCUT2D eigenvalue weighted by atomic mass is 9.98. The van der Waals surface area contributed by atoms with Crippen LogP contribution in [-0.4, -0.2) is 43.9 Å². The van der Waals surface area contributed by atoms with Crippen molar-refractivity contribution in [2.24, 2.45) is 11.8 Å². The van der Waals surface area contributed by atoms with E-state index in [4.69, 9.17) is 4.74 Å². The summed E-state index contributed by atoms with van der Waals surface area (Å²) in [5, 5.41) is 3.66. The number of likely N-dealkylation sites (tertiary alicyclic amines) is 1. The lowest BCUT2D eigenvalue weighted by Crippen LogP contribution is -2.41. The highest BCUT2D eigenvalue weighted by molar-refractivity contribution is 4.83. The van der Waals surface area contributed by atoms with Gasteiger partial charge in [0.05, 0.1) is 13.3 Å². The van der Waals surface area contributed by atoms with Crippen LogP contribution in [0.15, 0.2) is 0 Å². The number of nitrogens with one attached hydrogen (secondary N) is 1. The van der Waals surface area contributed by atoms with Gasteiger partial charge in [-0.3, -0.25) is 4.90 Å². The third kappa shape index (κ3) is 4.23. The molecule has 0 aromatic rings. The fourth-order valence-electron chi connectivity index (χ4n) is 2.69. The number of rotatable bonds is 7. The molecular formula is C14H26N2O. The van der Waals surface area contributed by atoms with Crippen LogP contribution in [0.3, 0.4) is 0 Å². The third-order valence-electron chi connectivity index (χ3n) is 4.20. The van der Waals surface area contributed by atoms with E-state index in [9.17, 15) is 0 Å². The van der Waals surface area contributed by atoms with E-state index >= 15 is 0 Å². The van der Waals surface area contributed by atoms with Gasteiger partial charge in [0.2, 0.25) is 0 Å². The van der Waals surface area contributed by atoms with Crippen molar-refractivity contribution >= 4 is 0 Å². The smallest absolute Gasteiger partial charge is 0.0990 e. The Balaban J connectivity index is 1.30. The van der Waals surface area contributed by atoms with Crippen molar-refractivity contribution in [2.75, 3.05) is 33.0 Å². The van der Waals surface area contributed by atoms with E-state index in [0.717, 1.165) is 31.2 Å². The second kappa shape index (κ2) is 5.68. The van der Waals surface area contributed by atoms with Crippen LogP contribution < -0.4 is 5.32 Å². The second-order valence-corrected chi connectivity index (χ2v) is 6.21. The average Bonchev–Trinajstić information content (AvgIpc) is 3.22. The minimum atomic E-state index is 0.855. The van der Waals surface area contributed by atoms with Gasteiger partial charge in [0.15, 0.2) is 0 Å². The van der Waals surface area contributed by atoms with E-state index < -0.39 is 0 Å². The number of ether oxygens (including phenoxy) is 1. The topological polar surface area (TPSA) is 24.5 Å². The van der Waals surface area contributed by atoms with Crippen LogP contribution in [0, 0.1) is 11.8 Å². The zero-order valence-electron chi connectivity index (χ0n) is 10.9. The Morgan fingerprint density at radius 2 is 1.94 bits per heavy atom. The monoisotopic (exact) mass is 238 g/mol. The summed E-state index contributed by atoms with van der Waals surface area (Å²) in [4.78, 5) is 2.51. The van der Waals surface area contributed by atoms with E-state index in [1.807, 2.05) is 0 Å². The maximum absolute atomic E-state index is 5.79. The minimum absolute atomic E-state index is 0.855. The predicted molar refractivity (Wildman–Crippen MR) is 68.9 cm³/mol. The zero-order chi connectivity index (χ0) is 11.5. The number of piperidine rings is 1. The van der Waals surface area contributed by atoms with Gasteiger partial charge < -0.3 is 10.1 Å². The molecule has 0 aromatic heterocycles. The van der Waals surface area contributed by atoms with Gasteiger partial charge in [-0.15, -0.1) is 0 Å². The van der Waals surface area contributed by atoms with Crippen LogP contribution in [0.2, 0.25) is 0 Å². The van der Waals surface area contributed by atoms with Gasteiger partial charge in [-0.2, -0.15) is 0 Å². The molecule has 2 aliphatic carbocycles. The van der Waals surface area contributed by atoms with Gasteiger partial charge in [0, 0.05) is 19.1 Å². The highest BCUT2D eigenvalue weighted by Crippen LogP contribution is 2.29. The first-order valence-corrected chi connectivity index (χ1v) is 7.43. The van der Waals surface area contributed by atoms with Gasteiger partial charge in [-0.25, -0.2) is 0 Å². The summed E-state index contributed by atoms with van der Waals surface area (Å²) in [6, 6.07) is 0.858. The van der Waals surface area contributed by atoms with Gasteiger partial charge >= 0.3 is 0 Å². The van der Waals surface area contributed by atoms with E-state index in [1.165, 1.54) is 58.2 Å². The molecule has 0 bridgehead atoms. The molecule has 0 spiro atoms. The van der Waals surface area contributed by atoms with E-state index in [1.54, 1.807) is 0 Å². The van der Waals surface area contributed by atoms with Crippen LogP contribution >= 0.6 is 0 Å². The van der Waals surface area contributed by atoms with Gasteiger partial charge in [0.1, 0.15) is 0 Å². The van der Waals surface area contributed by atoms with Gasteiger partial charge in [0.25, 0.3) is 0 Å². The summed E-state index contributed by atoms with van der Waals surface area (Å²) in [6.07, 6.45) is 8.35. The molecule has 0 radical (unpaired) electrons. The molecular weight excluding hydrogens is 212 g/mol. The van der Waals surface area contributed by atoms with E-state index in [2.05, 4.69) is 10.2 Å². The summed E-state index contributed by atoms with van der Waals surface area (Å²) in [6.45, 7) is 5.58. The predicted octanol–water partition coefficient (Wildman–Crippen LogP) is 1.83. The Labute approximate surface area is 105 Å². The molecule has 3 aliphatic rings. The Morgan fingerprint density at radius 1 is 1.06 bits per heavy atom.